The van der Waals surface area contributed by atoms with Crippen LogP contribution in [-0.4, -0.2) is 6.54 Å². The van der Waals surface area contributed by atoms with Crippen molar-refractivity contribution in [1.29, 1.82) is 0 Å². The Morgan fingerprint density at radius 2 is 2.05 bits per heavy atom. The van der Waals surface area contributed by atoms with Crippen LogP contribution < -0.4 is 10.1 Å². The number of benzene rings is 1. The molecule has 2 aromatic rings. The highest BCUT2D eigenvalue weighted by Crippen LogP contribution is 2.23. The molecule has 2 rings (SSSR count). The minimum absolute atomic E-state index is 0.108. The number of halogens is 2. The van der Waals surface area contributed by atoms with Crippen molar-refractivity contribution >= 4 is 22.9 Å². The number of thiophene rings is 1. The number of hydrogen-bond acceptors (Lipinski definition) is 3. The maximum atomic E-state index is 13.2. The monoisotopic (exact) mass is 299 g/mol. The van der Waals surface area contributed by atoms with E-state index >= 15 is 0 Å². The van der Waals surface area contributed by atoms with E-state index in [9.17, 15) is 4.39 Å². The van der Waals surface area contributed by atoms with Crippen LogP contribution in [-0.2, 0) is 13.2 Å². The zero-order valence-electron chi connectivity index (χ0n) is 10.6. The van der Waals surface area contributed by atoms with Gasteiger partial charge in [-0.1, -0.05) is 18.5 Å². The van der Waals surface area contributed by atoms with E-state index < -0.39 is 5.82 Å². The third kappa shape index (κ3) is 4.20. The highest BCUT2D eigenvalue weighted by Gasteiger charge is 2.04. The molecule has 0 saturated carbocycles. The third-order valence-electron chi connectivity index (χ3n) is 2.54. The van der Waals surface area contributed by atoms with Crippen LogP contribution in [0.1, 0.15) is 16.7 Å². The second kappa shape index (κ2) is 6.89. The maximum Gasteiger partial charge on any atom is 0.145 e. The molecule has 0 unspecified atom stereocenters. The van der Waals surface area contributed by atoms with E-state index in [4.69, 9.17) is 16.3 Å². The Morgan fingerprint density at radius 1 is 1.26 bits per heavy atom. The molecule has 1 aromatic carbocycles. The molecule has 19 heavy (non-hydrogen) atoms. The van der Waals surface area contributed by atoms with Gasteiger partial charge in [0.25, 0.3) is 0 Å². The average Bonchev–Trinajstić information content (AvgIpc) is 2.86. The molecule has 5 heteroatoms. The maximum absolute atomic E-state index is 13.2. The first-order chi connectivity index (χ1) is 9.19. The molecular weight excluding hydrogens is 285 g/mol. The Bertz CT molecular complexity index is 544. The first-order valence-electron chi connectivity index (χ1n) is 6.05. The minimum Gasteiger partial charge on any atom is -0.488 e. The molecule has 0 saturated heterocycles. The molecule has 102 valence electrons. The van der Waals surface area contributed by atoms with E-state index in [-0.39, 0.29) is 5.02 Å². The molecule has 0 amide bonds. The summed E-state index contributed by atoms with van der Waals surface area (Å²) in [5.41, 5.74) is 0. The number of nitrogens with one attached hydrogen (secondary N) is 1. The van der Waals surface area contributed by atoms with Crippen molar-refractivity contribution in [1.82, 2.24) is 5.32 Å². The SMILES string of the molecule is CCNCc1ccc(COc2ccc(Cl)c(F)c2)s1. The van der Waals surface area contributed by atoms with E-state index in [1.165, 1.54) is 17.0 Å². The summed E-state index contributed by atoms with van der Waals surface area (Å²) in [4.78, 5) is 2.38. The zero-order valence-corrected chi connectivity index (χ0v) is 12.2. The van der Waals surface area contributed by atoms with Crippen molar-refractivity contribution in [2.75, 3.05) is 6.54 Å². The molecule has 0 aliphatic rings. The van der Waals surface area contributed by atoms with Gasteiger partial charge in [-0.15, -0.1) is 11.3 Å². The fourth-order valence-electron chi connectivity index (χ4n) is 1.56. The molecule has 0 aliphatic heterocycles. The van der Waals surface area contributed by atoms with Crippen molar-refractivity contribution in [2.45, 2.75) is 20.1 Å². The van der Waals surface area contributed by atoms with Gasteiger partial charge in [-0.05, 0) is 30.8 Å². The molecule has 0 atom stereocenters. The number of hydrogen-bond donors (Lipinski definition) is 1. The topological polar surface area (TPSA) is 21.3 Å². The van der Waals surface area contributed by atoms with Crippen molar-refractivity contribution in [2.24, 2.45) is 0 Å². The summed E-state index contributed by atoms with van der Waals surface area (Å²) < 4.78 is 18.8. The van der Waals surface area contributed by atoms with Crippen LogP contribution in [0.4, 0.5) is 4.39 Å². The molecule has 0 radical (unpaired) electrons. The quantitative estimate of drug-likeness (QED) is 0.862. The summed E-state index contributed by atoms with van der Waals surface area (Å²) in [5, 5.41) is 3.38. The molecule has 1 heterocycles. The summed E-state index contributed by atoms with van der Waals surface area (Å²) in [6, 6.07) is 8.57. The lowest BCUT2D eigenvalue weighted by atomic mass is 10.3. The Balaban J connectivity index is 1.91. The predicted molar refractivity (Wildman–Crippen MR) is 77.4 cm³/mol. The highest BCUT2D eigenvalue weighted by molar-refractivity contribution is 7.11. The lowest BCUT2D eigenvalue weighted by Crippen LogP contribution is -2.10. The second-order valence-corrected chi connectivity index (χ2v) is 5.67. The largest absolute Gasteiger partial charge is 0.488 e. The first-order valence-corrected chi connectivity index (χ1v) is 7.24. The summed E-state index contributed by atoms with van der Waals surface area (Å²) in [6.07, 6.45) is 0. The fraction of sp³-hybridized carbons (Fsp3) is 0.286. The van der Waals surface area contributed by atoms with E-state index in [2.05, 4.69) is 18.3 Å². The molecule has 0 bridgehead atoms. The Hall–Kier alpha value is -1.10. The molecule has 0 aliphatic carbocycles. The van der Waals surface area contributed by atoms with Crippen LogP contribution in [0, 0.1) is 5.82 Å². The Morgan fingerprint density at radius 3 is 2.79 bits per heavy atom. The van der Waals surface area contributed by atoms with E-state index in [1.807, 2.05) is 6.07 Å². The lowest BCUT2D eigenvalue weighted by molar-refractivity contribution is 0.308. The van der Waals surface area contributed by atoms with Gasteiger partial charge < -0.3 is 10.1 Å². The van der Waals surface area contributed by atoms with Gasteiger partial charge in [-0.3, -0.25) is 0 Å². The van der Waals surface area contributed by atoms with Crippen molar-refractivity contribution in [3.8, 4) is 5.75 Å². The number of ether oxygens (including phenoxy) is 1. The van der Waals surface area contributed by atoms with Crippen molar-refractivity contribution in [3.05, 3.63) is 50.9 Å². The van der Waals surface area contributed by atoms with E-state index in [1.54, 1.807) is 17.4 Å². The lowest BCUT2D eigenvalue weighted by Gasteiger charge is -2.05. The van der Waals surface area contributed by atoms with Crippen LogP contribution in [0.25, 0.3) is 0 Å². The molecule has 1 aromatic heterocycles. The summed E-state index contributed by atoms with van der Waals surface area (Å²) in [6.45, 7) is 4.34. The van der Waals surface area contributed by atoms with Crippen LogP contribution >= 0.6 is 22.9 Å². The van der Waals surface area contributed by atoms with Gasteiger partial charge >= 0.3 is 0 Å². The summed E-state index contributed by atoms with van der Waals surface area (Å²) >= 11 is 7.31. The molecule has 0 fully saturated rings. The standard InChI is InChI=1S/C14H15ClFNOS/c1-2-17-8-11-4-5-12(19-11)9-18-10-3-6-13(15)14(16)7-10/h3-7,17H,2,8-9H2,1H3. The van der Waals surface area contributed by atoms with Gasteiger partial charge in [0.15, 0.2) is 0 Å². The zero-order chi connectivity index (χ0) is 13.7. The van der Waals surface area contributed by atoms with Gasteiger partial charge in [-0.2, -0.15) is 0 Å². The van der Waals surface area contributed by atoms with Crippen LogP contribution in [0.15, 0.2) is 30.3 Å². The summed E-state index contributed by atoms with van der Waals surface area (Å²) in [7, 11) is 0. The Labute approximate surface area is 121 Å². The average molecular weight is 300 g/mol. The van der Waals surface area contributed by atoms with Gasteiger partial charge in [-0.25, -0.2) is 4.39 Å². The molecule has 2 nitrogen and oxygen atoms in total. The van der Waals surface area contributed by atoms with Gasteiger partial charge in [0.2, 0.25) is 0 Å². The Kier molecular flexibility index (Phi) is 5.19. The van der Waals surface area contributed by atoms with Gasteiger partial charge in [0.1, 0.15) is 18.2 Å². The number of rotatable bonds is 6. The third-order valence-corrected chi connectivity index (χ3v) is 3.90. The highest BCUT2D eigenvalue weighted by atomic mass is 35.5. The smallest absolute Gasteiger partial charge is 0.145 e. The van der Waals surface area contributed by atoms with Gasteiger partial charge in [0.05, 0.1) is 5.02 Å². The van der Waals surface area contributed by atoms with Crippen molar-refractivity contribution < 1.29 is 9.13 Å². The molecule has 1 N–H and O–H groups in total. The van der Waals surface area contributed by atoms with E-state index in [0.717, 1.165) is 18.0 Å². The second-order valence-electron chi connectivity index (χ2n) is 4.01. The van der Waals surface area contributed by atoms with Crippen LogP contribution in [0.5, 0.6) is 5.75 Å². The van der Waals surface area contributed by atoms with Crippen LogP contribution in [0.2, 0.25) is 5.02 Å². The summed E-state index contributed by atoms with van der Waals surface area (Å²) in [5.74, 6) is 0.0294. The van der Waals surface area contributed by atoms with Crippen LogP contribution in [0.3, 0.4) is 0 Å². The minimum atomic E-state index is -0.460. The normalized spacial score (nSPS) is 10.7. The molecular formula is C14H15ClFNOS. The first kappa shape index (κ1) is 14.3. The molecule has 0 spiro atoms. The van der Waals surface area contributed by atoms with Gasteiger partial charge in [0, 0.05) is 22.4 Å². The van der Waals surface area contributed by atoms with E-state index in [0.29, 0.717) is 12.4 Å². The predicted octanol–water partition coefficient (Wildman–Crippen LogP) is 4.23. The van der Waals surface area contributed by atoms with Crippen molar-refractivity contribution in [3.63, 3.8) is 0 Å². The fourth-order valence-corrected chi connectivity index (χ4v) is 2.58.